The first-order valence-corrected chi connectivity index (χ1v) is 11.8. The van der Waals surface area contributed by atoms with Crippen LogP contribution in [0.4, 0.5) is 0 Å². The molecule has 0 radical (unpaired) electrons. The predicted octanol–water partition coefficient (Wildman–Crippen LogP) is 1.63. The number of aliphatic imine (C=N–C) groups is 1. The highest BCUT2D eigenvalue weighted by molar-refractivity contribution is 7.90. The molecule has 6 nitrogen and oxygen atoms in total. The van der Waals surface area contributed by atoms with Crippen LogP contribution in [0.15, 0.2) is 4.99 Å². The summed E-state index contributed by atoms with van der Waals surface area (Å²) < 4.78 is 22.6. The smallest absolute Gasteiger partial charge is 0.191 e. The maximum Gasteiger partial charge on any atom is 0.191 e. The molecule has 7 heteroatoms. The molecule has 1 aliphatic heterocycles. The minimum Gasteiger partial charge on any atom is -0.357 e. The minimum atomic E-state index is -2.87. The van der Waals surface area contributed by atoms with Crippen molar-refractivity contribution in [2.45, 2.75) is 58.4 Å². The Labute approximate surface area is 153 Å². The summed E-state index contributed by atoms with van der Waals surface area (Å²) in [6.45, 7) is 8.77. The second-order valence-electron chi connectivity index (χ2n) is 8.10. The molecule has 2 N–H and O–H groups in total. The van der Waals surface area contributed by atoms with Gasteiger partial charge in [0, 0.05) is 45.0 Å². The third-order valence-electron chi connectivity index (χ3n) is 5.48. The lowest BCUT2D eigenvalue weighted by Crippen LogP contribution is -2.49. The van der Waals surface area contributed by atoms with Crippen LogP contribution in [-0.4, -0.2) is 70.1 Å². The van der Waals surface area contributed by atoms with Gasteiger partial charge < -0.3 is 15.5 Å². The van der Waals surface area contributed by atoms with Crippen molar-refractivity contribution < 1.29 is 8.42 Å². The van der Waals surface area contributed by atoms with E-state index in [0.29, 0.717) is 18.0 Å². The van der Waals surface area contributed by atoms with Crippen molar-refractivity contribution in [3.05, 3.63) is 0 Å². The van der Waals surface area contributed by atoms with Gasteiger partial charge in [-0.05, 0) is 38.0 Å². The average molecular weight is 373 g/mol. The Bertz CT molecular complexity index is 533. The fourth-order valence-corrected chi connectivity index (χ4v) is 4.36. The third kappa shape index (κ3) is 7.52. The van der Waals surface area contributed by atoms with E-state index in [1.54, 1.807) is 0 Å². The topological polar surface area (TPSA) is 73.8 Å². The molecule has 2 rings (SSSR count). The number of sulfone groups is 1. The maximum atomic E-state index is 11.3. The largest absolute Gasteiger partial charge is 0.357 e. The first-order valence-electron chi connectivity index (χ1n) is 9.75. The minimum absolute atomic E-state index is 0.258. The van der Waals surface area contributed by atoms with Crippen molar-refractivity contribution in [3.63, 3.8) is 0 Å². The zero-order valence-electron chi connectivity index (χ0n) is 16.2. The van der Waals surface area contributed by atoms with Crippen molar-refractivity contribution in [2.75, 3.05) is 44.7 Å². The van der Waals surface area contributed by atoms with Crippen LogP contribution >= 0.6 is 0 Å². The molecule has 25 heavy (non-hydrogen) atoms. The summed E-state index contributed by atoms with van der Waals surface area (Å²) >= 11 is 0. The molecule has 2 aliphatic rings. The molecule has 1 saturated heterocycles. The van der Waals surface area contributed by atoms with Crippen LogP contribution in [0.5, 0.6) is 0 Å². The van der Waals surface area contributed by atoms with Gasteiger partial charge in [0.05, 0.1) is 5.75 Å². The molecule has 1 heterocycles. The molecule has 0 bridgehead atoms. The first kappa shape index (κ1) is 20.5. The first-order chi connectivity index (χ1) is 11.8. The molecule has 0 aromatic carbocycles. The Balaban J connectivity index is 1.78. The molecule has 0 aromatic heterocycles. The van der Waals surface area contributed by atoms with Crippen molar-refractivity contribution in [1.29, 1.82) is 0 Å². The summed E-state index contributed by atoms with van der Waals surface area (Å²) in [6.07, 6.45) is 8.62. The molecule has 146 valence electrons. The molecule has 1 saturated carbocycles. The zero-order chi connectivity index (χ0) is 18.3. The predicted molar refractivity (Wildman–Crippen MR) is 105 cm³/mol. The van der Waals surface area contributed by atoms with Gasteiger partial charge in [-0.3, -0.25) is 4.99 Å². The van der Waals surface area contributed by atoms with Crippen LogP contribution in [0.2, 0.25) is 0 Å². The van der Waals surface area contributed by atoms with E-state index in [2.05, 4.69) is 29.4 Å². The van der Waals surface area contributed by atoms with Crippen LogP contribution in [0, 0.1) is 5.41 Å². The van der Waals surface area contributed by atoms with Crippen LogP contribution in [0.1, 0.15) is 52.4 Å². The van der Waals surface area contributed by atoms with Gasteiger partial charge in [-0.2, -0.15) is 0 Å². The van der Waals surface area contributed by atoms with E-state index in [1.165, 1.54) is 31.9 Å². The van der Waals surface area contributed by atoms with Gasteiger partial charge in [-0.15, -0.1) is 0 Å². The molecule has 1 aliphatic carbocycles. The molecular formula is C18H36N4O2S. The fraction of sp³-hybridized carbons (Fsp3) is 0.944. The lowest BCUT2D eigenvalue weighted by atomic mass is 9.89. The molecule has 0 unspecified atom stereocenters. The summed E-state index contributed by atoms with van der Waals surface area (Å²) in [7, 11) is -2.87. The second-order valence-corrected chi connectivity index (χ2v) is 10.4. The molecule has 2 fully saturated rings. The molecule has 0 spiro atoms. The Hall–Kier alpha value is -0.820. The summed E-state index contributed by atoms with van der Waals surface area (Å²) in [5.41, 5.74) is 0.372. The molecular weight excluding hydrogens is 336 g/mol. The van der Waals surface area contributed by atoms with Crippen LogP contribution < -0.4 is 10.6 Å². The summed E-state index contributed by atoms with van der Waals surface area (Å²) in [5, 5.41) is 6.96. The van der Waals surface area contributed by atoms with E-state index >= 15 is 0 Å². The lowest BCUT2D eigenvalue weighted by Gasteiger charge is -2.33. The Kier molecular flexibility index (Phi) is 7.55. The van der Waals surface area contributed by atoms with E-state index in [1.807, 2.05) is 0 Å². The van der Waals surface area contributed by atoms with Crippen molar-refractivity contribution >= 4 is 15.8 Å². The van der Waals surface area contributed by atoms with Gasteiger partial charge in [-0.25, -0.2) is 8.42 Å². The van der Waals surface area contributed by atoms with Gasteiger partial charge in [0.1, 0.15) is 9.84 Å². The van der Waals surface area contributed by atoms with E-state index in [9.17, 15) is 8.42 Å². The Morgan fingerprint density at radius 3 is 2.44 bits per heavy atom. The maximum absolute atomic E-state index is 11.3. The Morgan fingerprint density at radius 2 is 1.88 bits per heavy atom. The quantitative estimate of drug-likeness (QED) is 0.525. The number of likely N-dealkylation sites (tertiary alicyclic amines) is 1. The normalized spacial score (nSPS) is 22.9. The number of rotatable bonds is 7. The van der Waals surface area contributed by atoms with Crippen molar-refractivity contribution in [1.82, 2.24) is 15.5 Å². The Morgan fingerprint density at radius 1 is 1.24 bits per heavy atom. The molecule has 0 amide bonds. The second kappa shape index (κ2) is 9.21. The monoisotopic (exact) mass is 372 g/mol. The highest BCUT2D eigenvalue weighted by atomic mass is 32.2. The number of hydrogen-bond acceptors (Lipinski definition) is 4. The standard InChI is InChI=1S/C18H36N4O2S/c1-4-19-17(20-15-18(2)9-5-6-10-18)21-16-7-11-22(12-8-16)13-14-25(3,23)24/h16H,4-15H2,1-3H3,(H2,19,20,21). The van der Waals surface area contributed by atoms with E-state index in [4.69, 9.17) is 4.99 Å². The zero-order valence-corrected chi connectivity index (χ0v) is 17.0. The summed E-state index contributed by atoms with van der Waals surface area (Å²) in [5.74, 6) is 1.19. The molecule has 0 atom stereocenters. The summed E-state index contributed by atoms with van der Waals surface area (Å²) in [4.78, 5) is 7.10. The number of nitrogens with zero attached hydrogens (tertiary/aromatic N) is 2. The van der Waals surface area contributed by atoms with Gasteiger partial charge in [0.2, 0.25) is 0 Å². The number of guanidine groups is 1. The van der Waals surface area contributed by atoms with E-state index in [0.717, 1.165) is 45.0 Å². The van der Waals surface area contributed by atoms with Crippen molar-refractivity contribution in [3.8, 4) is 0 Å². The number of piperidine rings is 1. The number of hydrogen-bond donors (Lipinski definition) is 2. The van der Waals surface area contributed by atoms with E-state index < -0.39 is 9.84 Å². The lowest BCUT2D eigenvalue weighted by molar-refractivity contribution is 0.216. The van der Waals surface area contributed by atoms with Gasteiger partial charge >= 0.3 is 0 Å². The fourth-order valence-electron chi connectivity index (χ4n) is 3.77. The highest BCUT2D eigenvalue weighted by Crippen LogP contribution is 2.37. The van der Waals surface area contributed by atoms with Gasteiger partial charge in [0.15, 0.2) is 5.96 Å². The van der Waals surface area contributed by atoms with Crippen LogP contribution in [-0.2, 0) is 9.84 Å². The van der Waals surface area contributed by atoms with Crippen molar-refractivity contribution in [2.24, 2.45) is 10.4 Å². The average Bonchev–Trinajstić information content (AvgIpc) is 2.99. The van der Waals surface area contributed by atoms with Crippen LogP contribution in [0.25, 0.3) is 0 Å². The molecule has 0 aromatic rings. The summed E-state index contributed by atoms with van der Waals surface area (Å²) in [6, 6.07) is 0.420. The van der Waals surface area contributed by atoms with E-state index in [-0.39, 0.29) is 5.75 Å². The number of nitrogens with one attached hydrogen (secondary N) is 2. The van der Waals surface area contributed by atoms with Gasteiger partial charge in [0.25, 0.3) is 0 Å². The van der Waals surface area contributed by atoms with Crippen LogP contribution in [0.3, 0.4) is 0 Å². The SMILES string of the molecule is CCNC(=NCC1(C)CCCC1)NC1CCN(CCS(C)(=O)=O)CC1. The highest BCUT2D eigenvalue weighted by Gasteiger charge is 2.28. The third-order valence-corrected chi connectivity index (χ3v) is 6.40. The van der Waals surface area contributed by atoms with Gasteiger partial charge in [-0.1, -0.05) is 19.8 Å².